The monoisotopic (exact) mass is 253 g/mol. The first kappa shape index (κ1) is 12.2. The average molecular weight is 254 g/mol. The van der Waals surface area contributed by atoms with Gasteiger partial charge >= 0.3 is 0 Å². The number of phenols is 1. The maximum absolute atomic E-state index is 9.68. The molecule has 0 heterocycles. The Bertz CT molecular complexity index is 426. The van der Waals surface area contributed by atoms with Crippen molar-refractivity contribution >= 4 is 17.8 Å². The van der Waals surface area contributed by atoms with Crippen molar-refractivity contribution < 1.29 is 10.3 Å². The number of benzene rings is 1. The molecular weight excluding hydrogens is 238 g/mol. The van der Waals surface area contributed by atoms with Crippen molar-refractivity contribution in [1.29, 1.82) is 0 Å². The van der Waals surface area contributed by atoms with Gasteiger partial charge in [-0.05, 0) is 36.5 Å². The zero-order valence-corrected chi connectivity index (χ0v) is 10.3. The fourth-order valence-corrected chi connectivity index (χ4v) is 2.90. The van der Waals surface area contributed by atoms with E-state index in [9.17, 15) is 5.11 Å². The van der Waals surface area contributed by atoms with Crippen LogP contribution in [0.1, 0.15) is 49.1 Å². The molecule has 1 saturated carbocycles. The van der Waals surface area contributed by atoms with Gasteiger partial charge in [0.2, 0.25) is 0 Å². The van der Waals surface area contributed by atoms with E-state index in [0.717, 1.165) is 24.0 Å². The Morgan fingerprint density at radius 3 is 2.59 bits per heavy atom. The first-order valence-electron chi connectivity index (χ1n) is 5.93. The van der Waals surface area contributed by atoms with Gasteiger partial charge in [-0.2, -0.15) is 0 Å². The van der Waals surface area contributed by atoms with Crippen LogP contribution in [0, 0.1) is 0 Å². The van der Waals surface area contributed by atoms with Crippen molar-refractivity contribution in [3.63, 3.8) is 0 Å². The van der Waals surface area contributed by atoms with Crippen molar-refractivity contribution in [2.45, 2.75) is 38.0 Å². The minimum atomic E-state index is 0.0994. The van der Waals surface area contributed by atoms with Crippen LogP contribution in [0.15, 0.2) is 17.3 Å². The Morgan fingerprint density at radius 2 is 1.94 bits per heavy atom. The number of aromatic hydroxyl groups is 1. The van der Waals surface area contributed by atoms with Gasteiger partial charge < -0.3 is 10.3 Å². The molecule has 3 nitrogen and oxygen atoms in total. The van der Waals surface area contributed by atoms with Crippen LogP contribution in [0.3, 0.4) is 0 Å². The molecule has 0 amide bonds. The van der Waals surface area contributed by atoms with Crippen molar-refractivity contribution in [2.75, 3.05) is 0 Å². The normalized spacial score (nSPS) is 17.7. The summed E-state index contributed by atoms with van der Waals surface area (Å²) in [5, 5.41) is 21.8. The lowest BCUT2D eigenvalue weighted by molar-refractivity contribution is 0.321. The zero-order chi connectivity index (χ0) is 12.3. The van der Waals surface area contributed by atoms with Gasteiger partial charge in [-0.25, -0.2) is 0 Å². The smallest absolute Gasteiger partial charge is 0.134 e. The summed E-state index contributed by atoms with van der Waals surface area (Å²) in [5.74, 6) is 0.457. The van der Waals surface area contributed by atoms with Crippen LogP contribution in [0.25, 0.3) is 0 Å². The van der Waals surface area contributed by atoms with Crippen molar-refractivity contribution in [1.82, 2.24) is 0 Å². The minimum Gasteiger partial charge on any atom is -0.506 e. The van der Waals surface area contributed by atoms with Crippen LogP contribution in [-0.2, 0) is 0 Å². The van der Waals surface area contributed by atoms with E-state index < -0.39 is 0 Å². The van der Waals surface area contributed by atoms with Gasteiger partial charge in [-0.3, -0.25) is 0 Å². The number of hydrogen-bond donors (Lipinski definition) is 2. The Morgan fingerprint density at radius 1 is 1.24 bits per heavy atom. The molecule has 0 aromatic heterocycles. The lowest BCUT2D eigenvalue weighted by atomic mass is 9.82. The number of phenolic OH excluding ortho intramolecular Hbond substituents is 1. The third-order valence-electron chi connectivity index (χ3n) is 3.40. The molecule has 1 aromatic carbocycles. The molecule has 1 aromatic rings. The molecular formula is C13H16ClNO2. The molecule has 0 atom stereocenters. The molecule has 0 aliphatic heterocycles. The zero-order valence-electron chi connectivity index (χ0n) is 9.56. The van der Waals surface area contributed by atoms with Crippen LogP contribution < -0.4 is 0 Å². The molecule has 1 aliphatic carbocycles. The number of halogens is 1. The molecule has 4 heteroatoms. The van der Waals surface area contributed by atoms with Crippen molar-refractivity contribution in [2.24, 2.45) is 5.16 Å². The molecule has 0 spiro atoms. The molecule has 0 bridgehead atoms. The van der Waals surface area contributed by atoms with E-state index in [2.05, 4.69) is 5.16 Å². The highest BCUT2D eigenvalue weighted by Crippen LogP contribution is 2.41. The fourth-order valence-electron chi connectivity index (χ4n) is 2.58. The topological polar surface area (TPSA) is 52.8 Å². The van der Waals surface area contributed by atoms with Gasteiger partial charge in [-0.15, -0.1) is 0 Å². The lowest BCUT2D eigenvalue weighted by Gasteiger charge is -2.24. The van der Waals surface area contributed by atoms with Gasteiger partial charge in [0, 0.05) is 5.56 Å². The fraction of sp³-hybridized carbons (Fsp3) is 0.462. The second kappa shape index (κ2) is 5.41. The largest absolute Gasteiger partial charge is 0.506 e. The second-order valence-corrected chi connectivity index (χ2v) is 4.86. The van der Waals surface area contributed by atoms with Crippen LogP contribution in [0.5, 0.6) is 5.75 Å². The Kier molecular flexibility index (Phi) is 3.89. The van der Waals surface area contributed by atoms with E-state index >= 15 is 0 Å². The highest BCUT2D eigenvalue weighted by Gasteiger charge is 2.22. The molecule has 17 heavy (non-hydrogen) atoms. The lowest BCUT2D eigenvalue weighted by Crippen LogP contribution is -2.08. The van der Waals surface area contributed by atoms with Crippen LogP contribution >= 0.6 is 11.6 Å². The molecule has 0 saturated heterocycles. The highest BCUT2D eigenvalue weighted by atomic mass is 35.5. The van der Waals surface area contributed by atoms with E-state index in [1.165, 1.54) is 31.5 Å². The van der Waals surface area contributed by atoms with E-state index in [1.807, 2.05) is 0 Å². The van der Waals surface area contributed by atoms with Gasteiger partial charge in [0.15, 0.2) is 0 Å². The summed E-state index contributed by atoms with van der Waals surface area (Å²) in [5.41, 5.74) is 1.71. The van der Waals surface area contributed by atoms with Gasteiger partial charge in [0.25, 0.3) is 0 Å². The van der Waals surface area contributed by atoms with Gasteiger partial charge in [-0.1, -0.05) is 36.0 Å². The summed E-state index contributed by atoms with van der Waals surface area (Å²) < 4.78 is 0. The summed E-state index contributed by atoms with van der Waals surface area (Å²) in [4.78, 5) is 0. The minimum absolute atomic E-state index is 0.0994. The van der Waals surface area contributed by atoms with E-state index in [0.29, 0.717) is 10.9 Å². The average Bonchev–Trinajstić information content (AvgIpc) is 2.36. The van der Waals surface area contributed by atoms with E-state index in [-0.39, 0.29) is 5.75 Å². The van der Waals surface area contributed by atoms with Gasteiger partial charge in [0.05, 0.1) is 11.2 Å². The van der Waals surface area contributed by atoms with Crippen LogP contribution in [0.2, 0.25) is 5.02 Å². The quantitative estimate of drug-likeness (QED) is 0.477. The van der Waals surface area contributed by atoms with Crippen molar-refractivity contribution in [3.05, 3.63) is 28.3 Å². The molecule has 92 valence electrons. The molecule has 0 radical (unpaired) electrons. The van der Waals surface area contributed by atoms with E-state index in [1.54, 1.807) is 6.07 Å². The Hall–Kier alpha value is -1.22. The summed E-state index contributed by atoms with van der Waals surface area (Å²) in [7, 11) is 0. The number of nitrogens with zero attached hydrogens (tertiary/aromatic N) is 1. The van der Waals surface area contributed by atoms with Gasteiger partial charge in [0.1, 0.15) is 5.75 Å². The third kappa shape index (κ3) is 2.55. The Balaban J connectivity index is 2.44. The molecule has 2 rings (SSSR count). The first-order chi connectivity index (χ1) is 8.24. The summed E-state index contributed by atoms with van der Waals surface area (Å²) in [6.07, 6.45) is 7.18. The van der Waals surface area contributed by atoms with Crippen LogP contribution in [0.4, 0.5) is 0 Å². The standard InChI is InChI=1S/C13H16ClNO2/c14-13-11(16)7-6-10(8-15-17)12(13)9-4-2-1-3-5-9/h6-9,16-17H,1-5H2. The second-order valence-electron chi connectivity index (χ2n) is 4.48. The summed E-state index contributed by atoms with van der Waals surface area (Å²) >= 11 is 6.17. The first-order valence-corrected chi connectivity index (χ1v) is 6.30. The Labute approximate surface area is 106 Å². The number of oxime groups is 1. The highest BCUT2D eigenvalue weighted by molar-refractivity contribution is 6.33. The van der Waals surface area contributed by atoms with Crippen molar-refractivity contribution in [3.8, 4) is 5.75 Å². The van der Waals surface area contributed by atoms with Crippen LogP contribution in [-0.4, -0.2) is 16.5 Å². The number of rotatable bonds is 2. The molecule has 1 aliphatic rings. The third-order valence-corrected chi connectivity index (χ3v) is 3.80. The maximum atomic E-state index is 9.68. The SMILES string of the molecule is ON=Cc1ccc(O)c(Cl)c1C1CCCCC1. The van der Waals surface area contributed by atoms with E-state index in [4.69, 9.17) is 16.8 Å². The summed E-state index contributed by atoms with van der Waals surface area (Å²) in [6, 6.07) is 3.27. The maximum Gasteiger partial charge on any atom is 0.134 e. The predicted octanol–water partition coefficient (Wildman–Crippen LogP) is 3.90. The predicted molar refractivity (Wildman–Crippen MR) is 68.3 cm³/mol. The molecule has 2 N–H and O–H groups in total. The molecule has 1 fully saturated rings. The summed E-state index contributed by atoms with van der Waals surface area (Å²) in [6.45, 7) is 0. The molecule has 0 unspecified atom stereocenters. The number of hydrogen-bond acceptors (Lipinski definition) is 3.